The molecule has 6 heteroatoms. The maximum Gasteiger partial charge on any atom is 0.294 e. The van der Waals surface area contributed by atoms with Gasteiger partial charge in [0.15, 0.2) is 0 Å². The molecule has 0 radical (unpaired) electrons. The highest BCUT2D eigenvalue weighted by Crippen LogP contribution is 2.29. The molecule has 2 N–H and O–H groups in total. The summed E-state index contributed by atoms with van der Waals surface area (Å²) >= 11 is 12.1. The lowest BCUT2D eigenvalue weighted by Crippen LogP contribution is -2.22. The van der Waals surface area contributed by atoms with Crippen molar-refractivity contribution in [2.75, 3.05) is 5.73 Å². The summed E-state index contributed by atoms with van der Waals surface area (Å²) in [6, 6.07) is 5.00. The van der Waals surface area contributed by atoms with Crippen molar-refractivity contribution >= 4 is 28.9 Å². The van der Waals surface area contributed by atoms with Gasteiger partial charge in [0, 0.05) is 17.5 Å². The van der Waals surface area contributed by atoms with Gasteiger partial charge in [-0.05, 0) is 18.2 Å². The van der Waals surface area contributed by atoms with Crippen LogP contribution in [0.4, 0.5) is 5.69 Å². The quantitative estimate of drug-likeness (QED) is 0.877. The van der Waals surface area contributed by atoms with Crippen molar-refractivity contribution in [1.82, 2.24) is 9.36 Å². The largest absolute Gasteiger partial charge is 0.393 e. The summed E-state index contributed by atoms with van der Waals surface area (Å²) in [5.74, 6) is 0. The summed E-state index contributed by atoms with van der Waals surface area (Å²) in [4.78, 5) is 12.4. The van der Waals surface area contributed by atoms with Gasteiger partial charge in [-0.1, -0.05) is 44.0 Å². The van der Waals surface area contributed by atoms with Gasteiger partial charge < -0.3 is 5.73 Å². The Labute approximate surface area is 127 Å². The van der Waals surface area contributed by atoms with Gasteiger partial charge in [0.05, 0.1) is 16.4 Å². The van der Waals surface area contributed by atoms with Crippen molar-refractivity contribution in [3.05, 3.63) is 44.3 Å². The van der Waals surface area contributed by atoms with E-state index in [2.05, 4.69) is 0 Å². The third-order valence-electron chi connectivity index (χ3n) is 3.15. The average Bonchev–Trinajstić information content (AvgIpc) is 2.51. The van der Waals surface area contributed by atoms with Crippen molar-refractivity contribution in [1.29, 1.82) is 0 Å². The van der Waals surface area contributed by atoms with Crippen LogP contribution in [0.5, 0.6) is 0 Å². The van der Waals surface area contributed by atoms with Crippen molar-refractivity contribution in [2.24, 2.45) is 7.05 Å². The summed E-state index contributed by atoms with van der Waals surface area (Å²) in [6.45, 7) is 6.02. The lowest BCUT2D eigenvalue weighted by atomic mass is 9.91. The van der Waals surface area contributed by atoms with Crippen LogP contribution < -0.4 is 11.3 Å². The third-order valence-corrected chi connectivity index (χ3v) is 3.69. The van der Waals surface area contributed by atoms with E-state index < -0.39 is 0 Å². The van der Waals surface area contributed by atoms with E-state index in [0.717, 1.165) is 5.69 Å². The van der Waals surface area contributed by atoms with Crippen molar-refractivity contribution in [3.63, 3.8) is 0 Å². The smallest absolute Gasteiger partial charge is 0.294 e. The molecule has 0 bridgehead atoms. The fraction of sp³-hybridized carbons (Fsp3) is 0.357. The lowest BCUT2D eigenvalue weighted by molar-refractivity contribution is 0.501. The first-order valence-corrected chi connectivity index (χ1v) is 6.93. The molecule has 108 valence electrons. The van der Waals surface area contributed by atoms with Gasteiger partial charge in [-0.25, -0.2) is 4.68 Å². The van der Waals surface area contributed by atoms with Crippen LogP contribution >= 0.6 is 23.2 Å². The number of nitrogens with zero attached hydrogens (tertiary/aromatic N) is 2. The monoisotopic (exact) mass is 313 g/mol. The van der Waals surface area contributed by atoms with E-state index in [0.29, 0.717) is 15.7 Å². The zero-order chi connectivity index (χ0) is 15.2. The topological polar surface area (TPSA) is 52.9 Å². The summed E-state index contributed by atoms with van der Waals surface area (Å²) in [5.41, 5.74) is 7.03. The zero-order valence-electron chi connectivity index (χ0n) is 11.9. The highest BCUT2D eigenvalue weighted by Gasteiger charge is 2.26. The predicted octanol–water partition coefficient (Wildman–Crippen LogP) is 3.36. The summed E-state index contributed by atoms with van der Waals surface area (Å²) in [7, 11) is 1.79. The van der Waals surface area contributed by atoms with Gasteiger partial charge >= 0.3 is 0 Å². The molecule has 0 atom stereocenters. The van der Waals surface area contributed by atoms with E-state index in [4.69, 9.17) is 28.9 Å². The number of benzene rings is 1. The molecule has 0 aliphatic carbocycles. The van der Waals surface area contributed by atoms with Crippen LogP contribution in [0.1, 0.15) is 26.5 Å². The van der Waals surface area contributed by atoms with Crippen LogP contribution in [0, 0.1) is 0 Å². The van der Waals surface area contributed by atoms with Crippen LogP contribution in [0.2, 0.25) is 10.0 Å². The fourth-order valence-electron chi connectivity index (χ4n) is 2.44. The first-order valence-electron chi connectivity index (χ1n) is 6.18. The second-order valence-corrected chi connectivity index (χ2v) is 6.59. The Hall–Kier alpha value is -1.39. The van der Waals surface area contributed by atoms with E-state index in [1.54, 1.807) is 29.9 Å². The minimum atomic E-state index is -0.276. The van der Waals surface area contributed by atoms with Crippen LogP contribution in [0.15, 0.2) is 23.0 Å². The maximum atomic E-state index is 12.4. The average molecular weight is 314 g/mol. The first kappa shape index (κ1) is 15.0. The number of hydrogen-bond acceptors (Lipinski definition) is 2. The second-order valence-electron chi connectivity index (χ2n) is 5.75. The molecular formula is C14H17Cl2N3O. The Balaban J connectivity index is 2.80. The van der Waals surface area contributed by atoms with Crippen LogP contribution in [0.3, 0.4) is 0 Å². The van der Waals surface area contributed by atoms with E-state index in [9.17, 15) is 4.79 Å². The maximum absolute atomic E-state index is 12.4. The number of hydrogen-bond donors (Lipinski definition) is 1. The molecule has 1 aromatic carbocycles. The Morgan fingerprint density at radius 1 is 1.20 bits per heavy atom. The molecule has 0 aliphatic rings. The Bertz CT molecular complexity index is 723. The van der Waals surface area contributed by atoms with Gasteiger partial charge in [-0.15, -0.1) is 0 Å². The number of anilines is 1. The first-order chi connectivity index (χ1) is 9.14. The van der Waals surface area contributed by atoms with Gasteiger partial charge in [0.1, 0.15) is 5.69 Å². The highest BCUT2D eigenvalue weighted by atomic mass is 35.5. The Kier molecular flexibility index (Phi) is 3.65. The SMILES string of the molecule is Cn1c(C(C)(C)C)c(N)c(=O)n1-c1ccc(Cl)cc1Cl. The third kappa shape index (κ3) is 2.34. The minimum absolute atomic E-state index is 0.242. The van der Waals surface area contributed by atoms with E-state index >= 15 is 0 Å². The molecular weight excluding hydrogens is 297 g/mol. The van der Waals surface area contributed by atoms with Crippen molar-refractivity contribution in [2.45, 2.75) is 26.2 Å². The number of nitrogens with two attached hydrogens (primary N) is 1. The number of rotatable bonds is 1. The summed E-state index contributed by atoms with van der Waals surface area (Å²) < 4.78 is 3.21. The Morgan fingerprint density at radius 3 is 2.25 bits per heavy atom. The molecule has 4 nitrogen and oxygen atoms in total. The lowest BCUT2D eigenvalue weighted by Gasteiger charge is -2.21. The van der Waals surface area contributed by atoms with Gasteiger partial charge in [-0.3, -0.25) is 9.48 Å². The van der Waals surface area contributed by atoms with Crippen LogP contribution in [-0.4, -0.2) is 9.36 Å². The standard InChI is InChI=1S/C14H17Cl2N3O/c1-14(2,3)12-11(17)13(20)19(18(12)4)10-6-5-8(15)7-9(10)16/h5-7H,17H2,1-4H3. The normalized spacial score (nSPS) is 11.9. The Morgan fingerprint density at radius 2 is 1.80 bits per heavy atom. The molecule has 20 heavy (non-hydrogen) atoms. The molecule has 0 amide bonds. The molecule has 0 saturated heterocycles. The van der Waals surface area contributed by atoms with Crippen molar-refractivity contribution < 1.29 is 0 Å². The van der Waals surface area contributed by atoms with Crippen LogP contribution in [-0.2, 0) is 12.5 Å². The summed E-state index contributed by atoms with van der Waals surface area (Å²) in [6.07, 6.45) is 0. The summed E-state index contributed by atoms with van der Waals surface area (Å²) in [5, 5.41) is 0.922. The van der Waals surface area contributed by atoms with E-state index in [-0.39, 0.29) is 16.7 Å². The molecule has 0 fully saturated rings. The molecule has 2 rings (SSSR count). The number of aromatic nitrogens is 2. The molecule has 0 saturated carbocycles. The van der Waals surface area contributed by atoms with Gasteiger partial charge in [0.25, 0.3) is 5.56 Å². The fourth-order valence-corrected chi connectivity index (χ4v) is 2.93. The van der Waals surface area contributed by atoms with Crippen molar-refractivity contribution in [3.8, 4) is 5.69 Å². The van der Waals surface area contributed by atoms with Gasteiger partial charge in [-0.2, -0.15) is 0 Å². The number of halogens is 2. The molecule has 1 heterocycles. The molecule has 0 unspecified atom stereocenters. The molecule has 0 aliphatic heterocycles. The van der Waals surface area contributed by atoms with E-state index in [1.165, 1.54) is 4.68 Å². The van der Waals surface area contributed by atoms with Gasteiger partial charge in [0.2, 0.25) is 0 Å². The molecule has 0 spiro atoms. The molecule has 1 aromatic heterocycles. The van der Waals surface area contributed by atoms with Crippen LogP contribution in [0.25, 0.3) is 5.69 Å². The second kappa shape index (κ2) is 4.86. The van der Waals surface area contributed by atoms with E-state index in [1.807, 2.05) is 20.8 Å². The highest BCUT2D eigenvalue weighted by molar-refractivity contribution is 6.35. The zero-order valence-corrected chi connectivity index (χ0v) is 13.4. The minimum Gasteiger partial charge on any atom is -0.393 e. The molecule has 2 aromatic rings. The number of nitrogen functional groups attached to an aromatic ring is 1. The predicted molar refractivity (Wildman–Crippen MR) is 84.1 cm³/mol.